The number of fused-ring (bicyclic) bond motifs is 1. The second-order valence-corrected chi connectivity index (χ2v) is 9.12. The van der Waals surface area contributed by atoms with Gasteiger partial charge in [-0.25, -0.2) is 0 Å². The van der Waals surface area contributed by atoms with Crippen LogP contribution in [0.25, 0.3) is 0 Å². The van der Waals surface area contributed by atoms with Gasteiger partial charge in [0.05, 0.1) is 26.9 Å². The Bertz CT molecular complexity index is 1310. The summed E-state index contributed by atoms with van der Waals surface area (Å²) in [5.74, 6) is -0.555. The molecule has 1 aliphatic heterocycles. The van der Waals surface area contributed by atoms with Crippen LogP contribution in [0.4, 0.5) is 11.4 Å². The highest BCUT2D eigenvalue weighted by Crippen LogP contribution is 2.33. The molecular formula is C26H23Cl2N3O4. The molecule has 3 aromatic carbocycles. The van der Waals surface area contributed by atoms with Crippen molar-refractivity contribution in [3.8, 4) is 5.75 Å². The predicted molar refractivity (Wildman–Crippen MR) is 136 cm³/mol. The Morgan fingerprint density at radius 2 is 1.80 bits per heavy atom. The summed E-state index contributed by atoms with van der Waals surface area (Å²) < 4.78 is 5.74. The Balaban J connectivity index is 1.53. The third-order valence-corrected chi connectivity index (χ3v) is 6.12. The normalized spacial score (nSPS) is 12.7. The van der Waals surface area contributed by atoms with Gasteiger partial charge in [-0.1, -0.05) is 55.2 Å². The summed E-state index contributed by atoms with van der Waals surface area (Å²) in [7, 11) is 0. The highest BCUT2D eigenvalue weighted by atomic mass is 35.5. The van der Waals surface area contributed by atoms with Crippen LogP contribution in [0, 0.1) is 5.92 Å². The lowest BCUT2D eigenvalue weighted by molar-refractivity contribution is -0.124. The maximum Gasteiger partial charge on any atom is 0.264 e. The highest BCUT2D eigenvalue weighted by molar-refractivity contribution is 6.35. The van der Waals surface area contributed by atoms with Gasteiger partial charge in [0.2, 0.25) is 5.91 Å². The number of hydrogen-bond acceptors (Lipinski definition) is 4. The minimum absolute atomic E-state index is 0.0248. The van der Waals surface area contributed by atoms with E-state index in [-0.39, 0.29) is 41.6 Å². The van der Waals surface area contributed by atoms with Crippen molar-refractivity contribution < 1.29 is 19.1 Å². The molecule has 0 aliphatic carbocycles. The van der Waals surface area contributed by atoms with Crippen LogP contribution < -0.4 is 20.3 Å². The largest absolute Gasteiger partial charge is 0.472 e. The van der Waals surface area contributed by atoms with E-state index in [1.54, 1.807) is 74.5 Å². The topological polar surface area (TPSA) is 87.7 Å². The number of nitrogens with zero attached hydrogens (tertiary/aromatic N) is 1. The molecule has 0 saturated heterocycles. The van der Waals surface area contributed by atoms with Crippen molar-refractivity contribution in [2.24, 2.45) is 5.92 Å². The molecule has 1 heterocycles. The van der Waals surface area contributed by atoms with Gasteiger partial charge < -0.3 is 15.4 Å². The first kappa shape index (κ1) is 24.6. The van der Waals surface area contributed by atoms with Crippen molar-refractivity contribution in [1.82, 2.24) is 5.32 Å². The number of amides is 3. The number of rotatable bonds is 6. The summed E-state index contributed by atoms with van der Waals surface area (Å²) in [5, 5.41) is 6.29. The molecule has 9 heteroatoms. The highest BCUT2D eigenvalue weighted by Gasteiger charge is 2.28. The average Bonchev–Trinajstić information content (AvgIpc) is 2.84. The lowest BCUT2D eigenvalue weighted by Crippen LogP contribution is -2.38. The number of benzene rings is 3. The third-order valence-electron chi connectivity index (χ3n) is 5.47. The smallest absolute Gasteiger partial charge is 0.264 e. The number of hydrogen-bond donors (Lipinski definition) is 2. The van der Waals surface area contributed by atoms with Crippen molar-refractivity contribution in [2.45, 2.75) is 20.4 Å². The molecule has 0 saturated carbocycles. The molecule has 4 rings (SSSR count). The fourth-order valence-corrected chi connectivity index (χ4v) is 3.98. The standard InChI is InChI=1S/C26H23Cl2N3O4/c1-15(2)24(32)29-13-16-7-9-20(27)18(11-16)25(33)30-17-8-10-23-19(12-17)26(34)31(14-35-23)22-6-4-3-5-21(22)28/h3-12,15H,13-14H2,1-2H3,(H,29,32)(H,30,33). The van der Waals surface area contributed by atoms with Crippen molar-refractivity contribution in [2.75, 3.05) is 16.9 Å². The summed E-state index contributed by atoms with van der Waals surface area (Å²) in [6, 6.07) is 16.8. The minimum Gasteiger partial charge on any atom is -0.472 e. The first-order valence-corrected chi connectivity index (χ1v) is 11.7. The van der Waals surface area contributed by atoms with Gasteiger partial charge in [0.15, 0.2) is 6.73 Å². The van der Waals surface area contributed by atoms with Gasteiger partial charge in [0.25, 0.3) is 11.8 Å². The maximum absolute atomic E-state index is 13.2. The van der Waals surface area contributed by atoms with Crippen LogP contribution in [0.5, 0.6) is 5.75 Å². The first-order chi connectivity index (χ1) is 16.7. The molecule has 1 aliphatic rings. The van der Waals surface area contributed by atoms with Gasteiger partial charge >= 0.3 is 0 Å². The van der Waals surface area contributed by atoms with Gasteiger partial charge in [0.1, 0.15) is 5.75 Å². The molecule has 0 atom stereocenters. The van der Waals surface area contributed by atoms with E-state index in [1.807, 2.05) is 0 Å². The molecule has 0 fully saturated rings. The Hall–Kier alpha value is -3.55. The van der Waals surface area contributed by atoms with Crippen molar-refractivity contribution in [3.63, 3.8) is 0 Å². The molecular weight excluding hydrogens is 489 g/mol. The predicted octanol–water partition coefficient (Wildman–Crippen LogP) is 5.51. The fourth-order valence-electron chi connectivity index (χ4n) is 3.54. The molecule has 3 amide bonds. The summed E-state index contributed by atoms with van der Waals surface area (Å²) >= 11 is 12.5. The number of anilines is 2. The van der Waals surface area contributed by atoms with Crippen molar-refractivity contribution >= 4 is 52.3 Å². The second-order valence-electron chi connectivity index (χ2n) is 8.31. The van der Waals surface area contributed by atoms with Crippen molar-refractivity contribution in [1.29, 1.82) is 0 Å². The Kier molecular flexibility index (Phi) is 7.28. The molecule has 7 nitrogen and oxygen atoms in total. The minimum atomic E-state index is -0.445. The zero-order valence-electron chi connectivity index (χ0n) is 19.1. The number of halogens is 2. The number of carbonyl (C=O) groups excluding carboxylic acids is 3. The Labute approximate surface area is 213 Å². The monoisotopic (exact) mass is 511 g/mol. The van der Waals surface area contributed by atoms with E-state index in [2.05, 4.69) is 10.6 Å². The fraction of sp³-hybridized carbons (Fsp3) is 0.192. The van der Waals surface area contributed by atoms with Gasteiger partial charge in [-0.3, -0.25) is 19.3 Å². The molecule has 0 unspecified atom stereocenters. The first-order valence-electron chi connectivity index (χ1n) is 11.0. The van der Waals surface area contributed by atoms with Gasteiger partial charge in [-0.15, -0.1) is 0 Å². The second kappa shape index (κ2) is 10.4. The molecule has 0 bridgehead atoms. The Morgan fingerprint density at radius 1 is 1.03 bits per heavy atom. The van der Waals surface area contributed by atoms with Gasteiger partial charge in [-0.05, 0) is 48.0 Å². The zero-order chi connectivity index (χ0) is 25.1. The summed E-state index contributed by atoms with van der Waals surface area (Å²) in [6.45, 7) is 3.91. The van der Waals surface area contributed by atoms with Crippen molar-refractivity contribution in [3.05, 3.63) is 87.4 Å². The number of ether oxygens (including phenoxy) is 1. The molecule has 180 valence electrons. The lowest BCUT2D eigenvalue weighted by Gasteiger charge is -2.29. The van der Waals surface area contributed by atoms with E-state index in [1.165, 1.54) is 4.90 Å². The SMILES string of the molecule is CC(C)C(=O)NCc1ccc(Cl)c(C(=O)Nc2ccc3c(c2)C(=O)N(c2ccccc2Cl)CO3)c1. The van der Waals surface area contributed by atoms with E-state index >= 15 is 0 Å². The lowest BCUT2D eigenvalue weighted by atomic mass is 10.1. The Morgan fingerprint density at radius 3 is 2.54 bits per heavy atom. The molecule has 0 radical (unpaired) electrons. The van der Waals surface area contributed by atoms with E-state index in [4.69, 9.17) is 27.9 Å². The van der Waals surface area contributed by atoms with E-state index < -0.39 is 5.91 Å². The number of carbonyl (C=O) groups is 3. The van der Waals surface area contributed by atoms with E-state index in [0.717, 1.165) is 5.56 Å². The molecule has 3 aromatic rings. The summed E-state index contributed by atoms with van der Waals surface area (Å²) in [6.07, 6.45) is 0. The summed E-state index contributed by atoms with van der Waals surface area (Å²) in [5.41, 5.74) is 2.22. The third kappa shape index (κ3) is 5.42. The average molecular weight is 512 g/mol. The van der Waals surface area contributed by atoms with Crippen LogP contribution in [0.1, 0.15) is 40.1 Å². The van der Waals surface area contributed by atoms with Crippen LogP contribution in [0.15, 0.2) is 60.7 Å². The van der Waals surface area contributed by atoms with Crippen LogP contribution in [0.3, 0.4) is 0 Å². The van der Waals surface area contributed by atoms with Gasteiger partial charge in [-0.2, -0.15) is 0 Å². The quantitative estimate of drug-likeness (QED) is 0.456. The van der Waals surface area contributed by atoms with Crippen LogP contribution in [-0.4, -0.2) is 24.5 Å². The maximum atomic E-state index is 13.2. The molecule has 0 aromatic heterocycles. The zero-order valence-corrected chi connectivity index (χ0v) is 20.6. The van der Waals surface area contributed by atoms with Gasteiger partial charge in [0, 0.05) is 18.2 Å². The van der Waals surface area contributed by atoms with Crippen LogP contribution in [-0.2, 0) is 11.3 Å². The van der Waals surface area contributed by atoms with E-state index in [0.29, 0.717) is 27.7 Å². The molecule has 35 heavy (non-hydrogen) atoms. The van der Waals surface area contributed by atoms with Crippen LogP contribution in [0.2, 0.25) is 10.0 Å². The number of nitrogens with one attached hydrogen (secondary N) is 2. The summed E-state index contributed by atoms with van der Waals surface area (Å²) in [4.78, 5) is 39.4. The van der Waals surface area contributed by atoms with E-state index in [9.17, 15) is 14.4 Å². The number of para-hydroxylation sites is 1. The molecule has 0 spiro atoms. The van der Waals surface area contributed by atoms with Crippen LogP contribution >= 0.6 is 23.2 Å². The molecule has 2 N–H and O–H groups in total.